The Morgan fingerprint density at radius 1 is 1.30 bits per heavy atom. The van der Waals surface area contributed by atoms with Crippen LogP contribution in [0.3, 0.4) is 0 Å². The zero-order chi connectivity index (χ0) is 13.8. The van der Waals surface area contributed by atoms with Gasteiger partial charge in [0.1, 0.15) is 0 Å². The molecule has 1 fully saturated rings. The van der Waals surface area contributed by atoms with E-state index in [9.17, 15) is 5.26 Å². The lowest BCUT2D eigenvalue weighted by atomic mass is 9.99. The molecule has 4 heteroatoms. The quantitative estimate of drug-likeness (QED) is 0.928. The molecule has 1 aromatic heterocycles. The largest absolute Gasteiger partial charge is 0.477 e. The molecule has 102 valence electrons. The maximum Gasteiger partial charge on any atom is 0.222 e. The third-order valence-corrected chi connectivity index (χ3v) is 3.79. The maximum absolute atomic E-state index is 9.24. The summed E-state index contributed by atoms with van der Waals surface area (Å²) in [5.41, 5.74) is 0.621. The van der Waals surface area contributed by atoms with Crippen molar-refractivity contribution in [2.75, 3.05) is 19.7 Å². The molecule has 0 saturated carbocycles. The Labute approximate surface area is 118 Å². The van der Waals surface area contributed by atoms with Gasteiger partial charge in [0.05, 0.1) is 23.6 Å². The van der Waals surface area contributed by atoms with Gasteiger partial charge >= 0.3 is 0 Å². The number of nitrogens with one attached hydrogen (secondary N) is 1. The van der Waals surface area contributed by atoms with Crippen molar-refractivity contribution in [3.63, 3.8) is 0 Å². The van der Waals surface area contributed by atoms with Crippen molar-refractivity contribution >= 4 is 10.8 Å². The fraction of sp³-hybridized carbons (Fsp3) is 0.375. The summed E-state index contributed by atoms with van der Waals surface area (Å²) in [5.74, 6) is 1.15. The summed E-state index contributed by atoms with van der Waals surface area (Å²) in [5, 5.41) is 14.4. The first-order valence-electron chi connectivity index (χ1n) is 7.00. The molecule has 1 aliphatic heterocycles. The predicted molar refractivity (Wildman–Crippen MR) is 77.5 cm³/mol. The van der Waals surface area contributed by atoms with Crippen LogP contribution in [-0.4, -0.2) is 24.7 Å². The van der Waals surface area contributed by atoms with Crippen LogP contribution >= 0.6 is 0 Å². The number of aromatic nitrogens is 1. The second-order valence-corrected chi connectivity index (χ2v) is 5.14. The lowest BCUT2D eigenvalue weighted by molar-refractivity contribution is 0.211. The molecule has 2 aromatic rings. The van der Waals surface area contributed by atoms with Crippen LogP contribution in [0, 0.1) is 17.2 Å². The van der Waals surface area contributed by atoms with Crippen molar-refractivity contribution in [3.8, 4) is 11.9 Å². The van der Waals surface area contributed by atoms with E-state index in [2.05, 4.69) is 16.4 Å². The van der Waals surface area contributed by atoms with Crippen molar-refractivity contribution in [1.29, 1.82) is 5.26 Å². The fourth-order valence-electron chi connectivity index (χ4n) is 2.65. The smallest absolute Gasteiger partial charge is 0.222 e. The van der Waals surface area contributed by atoms with E-state index in [1.165, 1.54) is 0 Å². The fourth-order valence-corrected chi connectivity index (χ4v) is 2.65. The van der Waals surface area contributed by atoms with Crippen LogP contribution in [0.4, 0.5) is 0 Å². The van der Waals surface area contributed by atoms with Gasteiger partial charge in [0.2, 0.25) is 5.88 Å². The number of hydrogen-bond acceptors (Lipinski definition) is 4. The van der Waals surface area contributed by atoms with Crippen molar-refractivity contribution in [2.24, 2.45) is 5.92 Å². The second-order valence-electron chi connectivity index (χ2n) is 5.14. The Morgan fingerprint density at radius 2 is 2.15 bits per heavy atom. The number of hydrogen-bond donors (Lipinski definition) is 1. The molecule has 1 aromatic carbocycles. The molecule has 0 amide bonds. The third kappa shape index (κ3) is 2.59. The van der Waals surface area contributed by atoms with Gasteiger partial charge < -0.3 is 10.1 Å². The average molecular weight is 267 g/mol. The van der Waals surface area contributed by atoms with Crippen LogP contribution in [-0.2, 0) is 0 Å². The minimum atomic E-state index is 0.572. The lowest BCUT2D eigenvalue weighted by Crippen LogP contribution is -2.30. The molecule has 20 heavy (non-hydrogen) atoms. The Bertz CT molecular complexity index is 636. The number of nitrogens with zero attached hydrogens (tertiary/aromatic N) is 2. The molecule has 0 atom stereocenters. The van der Waals surface area contributed by atoms with Gasteiger partial charge in [0.25, 0.3) is 0 Å². The van der Waals surface area contributed by atoms with E-state index >= 15 is 0 Å². The molecule has 2 heterocycles. The molecule has 3 rings (SSSR count). The Balaban J connectivity index is 1.85. The first kappa shape index (κ1) is 12.9. The summed E-state index contributed by atoms with van der Waals surface area (Å²) in [6.07, 6.45) is 4.01. The summed E-state index contributed by atoms with van der Waals surface area (Å²) in [7, 11) is 0. The minimum absolute atomic E-state index is 0.572. The number of pyridine rings is 1. The highest BCUT2D eigenvalue weighted by Crippen LogP contribution is 2.27. The van der Waals surface area contributed by atoms with Gasteiger partial charge in [-0.15, -0.1) is 0 Å². The molecule has 0 radical (unpaired) electrons. The lowest BCUT2D eigenvalue weighted by Gasteiger charge is -2.22. The van der Waals surface area contributed by atoms with E-state index in [1.54, 1.807) is 12.3 Å². The topological polar surface area (TPSA) is 57.9 Å². The number of fused-ring (bicyclic) bond motifs is 1. The minimum Gasteiger partial charge on any atom is -0.477 e. The number of rotatable bonds is 3. The molecular weight excluding hydrogens is 250 g/mol. The normalized spacial score (nSPS) is 15.9. The van der Waals surface area contributed by atoms with Crippen LogP contribution < -0.4 is 10.1 Å². The maximum atomic E-state index is 9.24. The number of benzene rings is 1. The van der Waals surface area contributed by atoms with Gasteiger partial charge in [-0.3, -0.25) is 0 Å². The number of ether oxygens (including phenoxy) is 1. The van der Waals surface area contributed by atoms with Gasteiger partial charge in [-0.05, 0) is 49.4 Å². The molecule has 1 saturated heterocycles. The van der Waals surface area contributed by atoms with Gasteiger partial charge in [0, 0.05) is 6.20 Å². The highest BCUT2D eigenvalue weighted by atomic mass is 16.5. The second kappa shape index (κ2) is 5.89. The van der Waals surface area contributed by atoms with Crippen molar-refractivity contribution in [2.45, 2.75) is 12.8 Å². The van der Waals surface area contributed by atoms with Crippen LogP contribution in [0.2, 0.25) is 0 Å². The summed E-state index contributed by atoms with van der Waals surface area (Å²) in [6.45, 7) is 2.79. The highest BCUT2D eigenvalue weighted by molar-refractivity contribution is 5.91. The molecule has 0 spiro atoms. The van der Waals surface area contributed by atoms with E-state index in [1.807, 2.05) is 18.2 Å². The van der Waals surface area contributed by atoms with Crippen LogP contribution in [0.1, 0.15) is 18.4 Å². The standard InChI is InChI=1S/C16H17N3O/c17-10-14-3-1-2-13-6-9-19-16(15(13)14)20-11-12-4-7-18-8-5-12/h1-3,6,9,12,18H,4-5,7-8,11H2. The monoisotopic (exact) mass is 267 g/mol. The van der Waals surface area contributed by atoms with Crippen molar-refractivity contribution in [3.05, 3.63) is 36.0 Å². The van der Waals surface area contributed by atoms with Gasteiger partial charge in [-0.1, -0.05) is 12.1 Å². The Morgan fingerprint density at radius 3 is 2.95 bits per heavy atom. The zero-order valence-electron chi connectivity index (χ0n) is 11.3. The van der Waals surface area contributed by atoms with E-state index in [0.717, 1.165) is 36.7 Å². The van der Waals surface area contributed by atoms with Crippen LogP contribution in [0.15, 0.2) is 30.5 Å². The van der Waals surface area contributed by atoms with E-state index in [4.69, 9.17) is 4.74 Å². The number of piperidine rings is 1. The van der Waals surface area contributed by atoms with Crippen molar-refractivity contribution < 1.29 is 4.74 Å². The first-order chi connectivity index (χ1) is 9.88. The predicted octanol–water partition coefficient (Wildman–Crippen LogP) is 2.48. The number of nitriles is 1. The molecule has 4 nitrogen and oxygen atoms in total. The Kier molecular flexibility index (Phi) is 3.80. The zero-order valence-corrected chi connectivity index (χ0v) is 11.3. The summed E-state index contributed by atoms with van der Waals surface area (Å²) < 4.78 is 5.91. The molecule has 0 aliphatic carbocycles. The SMILES string of the molecule is N#Cc1cccc2ccnc(OCC3CCNCC3)c12. The summed E-state index contributed by atoms with van der Waals surface area (Å²) in [6, 6.07) is 9.80. The average Bonchev–Trinajstić information content (AvgIpc) is 2.53. The summed E-state index contributed by atoms with van der Waals surface area (Å²) >= 11 is 0. The molecular formula is C16H17N3O. The van der Waals surface area contributed by atoms with E-state index in [-0.39, 0.29) is 0 Å². The molecule has 0 unspecified atom stereocenters. The van der Waals surface area contributed by atoms with E-state index in [0.29, 0.717) is 24.0 Å². The highest BCUT2D eigenvalue weighted by Gasteiger charge is 2.15. The van der Waals surface area contributed by atoms with Gasteiger partial charge in [0.15, 0.2) is 0 Å². The van der Waals surface area contributed by atoms with Gasteiger partial charge in [-0.25, -0.2) is 4.98 Å². The van der Waals surface area contributed by atoms with Crippen LogP contribution in [0.25, 0.3) is 10.8 Å². The Hall–Kier alpha value is -2.12. The molecule has 1 N–H and O–H groups in total. The van der Waals surface area contributed by atoms with Crippen molar-refractivity contribution in [1.82, 2.24) is 10.3 Å². The van der Waals surface area contributed by atoms with Gasteiger partial charge in [-0.2, -0.15) is 5.26 Å². The van der Waals surface area contributed by atoms with Crippen LogP contribution in [0.5, 0.6) is 5.88 Å². The third-order valence-electron chi connectivity index (χ3n) is 3.79. The first-order valence-corrected chi connectivity index (χ1v) is 7.00. The molecule has 0 bridgehead atoms. The molecule has 1 aliphatic rings. The van der Waals surface area contributed by atoms with E-state index < -0.39 is 0 Å². The summed E-state index contributed by atoms with van der Waals surface area (Å²) in [4.78, 5) is 4.31.